The number of aryl methyl sites for hydroxylation is 2. The summed E-state index contributed by atoms with van der Waals surface area (Å²) in [5, 5.41) is 3.92. The second-order valence-electron chi connectivity index (χ2n) is 8.50. The SMILES string of the molecule is CCOc1ccc2oc(C)c(C(=O)N3CCC(F)(CNCc4ccc(C)cn4)CC3)c2c1. The van der Waals surface area contributed by atoms with E-state index in [2.05, 4.69) is 10.3 Å². The summed E-state index contributed by atoms with van der Waals surface area (Å²) >= 11 is 0. The Morgan fingerprint density at radius 3 is 2.72 bits per heavy atom. The van der Waals surface area contributed by atoms with Gasteiger partial charge in [0, 0.05) is 50.6 Å². The molecule has 1 amide bonds. The van der Waals surface area contributed by atoms with E-state index in [1.165, 1.54) is 0 Å². The van der Waals surface area contributed by atoms with Crippen molar-refractivity contribution in [3.05, 3.63) is 59.1 Å². The number of alkyl halides is 1. The number of amides is 1. The molecule has 6 nitrogen and oxygen atoms in total. The zero-order valence-electron chi connectivity index (χ0n) is 18.9. The van der Waals surface area contributed by atoms with Crippen LogP contribution in [-0.2, 0) is 6.54 Å². The van der Waals surface area contributed by atoms with Gasteiger partial charge >= 0.3 is 0 Å². The molecule has 3 aromatic rings. The third kappa shape index (κ3) is 4.78. The lowest BCUT2D eigenvalue weighted by atomic mass is 9.92. The number of hydrogen-bond acceptors (Lipinski definition) is 5. The summed E-state index contributed by atoms with van der Waals surface area (Å²) in [4.78, 5) is 19.3. The minimum atomic E-state index is -1.34. The second-order valence-corrected chi connectivity index (χ2v) is 8.50. The number of nitrogens with one attached hydrogen (secondary N) is 1. The lowest BCUT2D eigenvalue weighted by Crippen LogP contribution is -2.48. The van der Waals surface area contributed by atoms with Gasteiger partial charge in [-0.15, -0.1) is 0 Å². The van der Waals surface area contributed by atoms with E-state index >= 15 is 4.39 Å². The fourth-order valence-electron chi connectivity index (χ4n) is 4.18. The fourth-order valence-corrected chi connectivity index (χ4v) is 4.18. The van der Waals surface area contributed by atoms with Crippen molar-refractivity contribution in [3.8, 4) is 5.75 Å². The second kappa shape index (κ2) is 9.28. The number of carbonyl (C=O) groups excluding carboxylic acids is 1. The molecule has 1 aliphatic heterocycles. The molecule has 170 valence electrons. The van der Waals surface area contributed by atoms with Crippen LogP contribution in [0.25, 0.3) is 11.0 Å². The Morgan fingerprint density at radius 2 is 2.03 bits per heavy atom. The van der Waals surface area contributed by atoms with Gasteiger partial charge in [-0.25, -0.2) is 4.39 Å². The first kappa shape index (κ1) is 22.3. The first-order valence-electron chi connectivity index (χ1n) is 11.1. The molecule has 0 unspecified atom stereocenters. The Kier molecular flexibility index (Phi) is 6.46. The molecule has 1 saturated heterocycles. The molecule has 1 aromatic carbocycles. The Labute approximate surface area is 187 Å². The molecule has 32 heavy (non-hydrogen) atoms. The number of carbonyl (C=O) groups is 1. The van der Waals surface area contributed by atoms with E-state index < -0.39 is 5.67 Å². The quantitative estimate of drug-likeness (QED) is 0.584. The van der Waals surface area contributed by atoms with Crippen molar-refractivity contribution in [1.29, 1.82) is 0 Å². The van der Waals surface area contributed by atoms with E-state index in [0.717, 1.165) is 16.6 Å². The summed E-state index contributed by atoms with van der Waals surface area (Å²) in [6, 6.07) is 9.44. The van der Waals surface area contributed by atoms with Crippen LogP contribution in [0.4, 0.5) is 4.39 Å². The van der Waals surface area contributed by atoms with E-state index in [9.17, 15) is 4.79 Å². The molecule has 1 aliphatic rings. The van der Waals surface area contributed by atoms with Gasteiger partial charge in [-0.05, 0) is 50.6 Å². The van der Waals surface area contributed by atoms with Crippen LogP contribution in [0.3, 0.4) is 0 Å². The molecule has 0 radical (unpaired) electrons. The van der Waals surface area contributed by atoms with Gasteiger partial charge in [0.2, 0.25) is 0 Å². The van der Waals surface area contributed by atoms with E-state index in [1.54, 1.807) is 11.8 Å². The molecular weight excluding hydrogens is 409 g/mol. The van der Waals surface area contributed by atoms with Crippen molar-refractivity contribution in [1.82, 2.24) is 15.2 Å². The van der Waals surface area contributed by atoms with E-state index in [0.29, 0.717) is 61.7 Å². The van der Waals surface area contributed by atoms with Gasteiger partial charge in [-0.2, -0.15) is 0 Å². The number of ether oxygens (including phenoxy) is 1. The number of aromatic nitrogens is 1. The first-order chi connectivity index (χ1) is 15.4. The number of hydrogen-bond donors (Lipinski definition) is 1. The van der Waals surface area contributed by atoms with Crippen molar-refractivity contribution in [3.63, 3.8) is 0 Å². The van der Waals surface area contributed by atoms with Crippen molar-refractivity contribution in [2.45, 2.75) is 45.8 Å². The average Bonchev–Trinajstić information content (AvgIpc) is 3.10. The van der Waals surface area contributed by atoms with Gasteiger partial charge in [-0.3, -0.25) is 9.78 Å². The highest BCUT2D eigenvalue weighted by atomic mass is 19.1. The number of likely N-dealkylation sites (tertiary alicyclic amines) is 1. The largest absolute Gasteiger partial charge is 0.494 e. The van der Waals surface area contributed by atoms with Crippen LogP contribution in [-0.4, -0.2) is 47.7 Å². The smallest absolute Gasteiger partial charge is 0.258 e. The molecule has 0 spiro atoms. The lowest BCUT2D eigenvalue weighted by Gasteiger charge is -2.36. The highest BCUT2D eigenvalue weighted by molar-refractivity contribution is 6.07. The monoisotopic (exact) mass is 439 g/mol. The molecule has 1 N–H and O–H groups in total. The molecule has 1 fully saturated rings. The third-order valence-electron chi connectivity index (χ3n) is 6.03. The minimum Gasteiger partial charge on any atom is -0.494 e. The van der Waals surface area contributed by atoms with Crippen LogP contribution >= 0.6 is 0 Å². The van der Waals surface area contributed by atoms with Gasteiger partial charge in [0.05, 0.1) is 17.9 Å². The fraction of sp³-hybridized carbons (Fsp3) is 0.440. The number of fused-ring (bicyclic) bond motifs is 1. The zero-order valence-corrected chi connectivity index (χ0v) is 18.9. The van der Waals surface area contributed by atoms with Crippen molar-refractivity contribution < 1.29 is 18.3 Å². The summed E-state index contributed by atoms with van der Waals surface area (Å²) < 4.78 is 26.7. The zero-order chi connectivity index (χ0) is 22.7. The molecule has 7 heteroatoms. The number of rotatable bonds is 7. The van der Waals surface area contributed by atoms with Gasteiger partial charge in [0.25, 0.3) is 5.91 Å². The number of nitrogens with zero attached hydrogens (tertiary/aromatic N) is 2. The Bertz CT molecular complexity index is 1090. The Hall–Kier alpha value is -2.93. The maximum Gasteiger partial charge on any atom is 0.258 e. The van der Waals surface area contributed by atoms with E-state index in [4.69, 9.17) is 9.15 Å². The average molecular weight is 440 g/mol. The number of pyridine rings is 1. The van der Waals surface area contributed by atoms with Gasteiger partial charge in [0.1, 0.15) is 22.8 Å². The highest BCUT2D eigenvalue weighted by Crippen LogP contribution is 2.32. The normalized spacial score (nSPS) is 15.8. The van der Waals surface area contributed by atoms with Gasteiger partial charge in [0.15, 0.2) is 0 Å². The van der Waals surface area contributed by atoms with Crippen molar-refractivity contribution in [2.24, 2.45) is 0 Å². The van der Waals surface area contributed by atoms with Crippen molar-refractivity contribution >= 4 is 16.9 Å². The maximum atomic E-state index is 15.3. The summed E-state index contributed by atoms with van der Waals surface area (Å²) in [5.74, 6) is 1.15. The lowest BCUT2D eigenvalue weighted by molar-refractivity contribution is 0.0434. The number of furan rings is 1. The molecule has 3 heterocycles. The topological polar surface area (TPSA) is 67.6 Å². The minimum absolute atomic E-state index is 0.117. The summed E-state index contributed by atoms with van der Waals surface area (Å²) in [7, 11) is 0. The maximum absolute atomic E-state index is 15.3. The molecule has 0 aliphatic carbocycles. The summed E-state index contributed by atoms with van der Waals surface area (Å²) in [6.07, 6.45) is 2.41. The van der Waals surface area contributed by atoms with Crippen LogP contribution in [0.15, 0.2) is 40.9 Å². The molecule has 0 atom stereocenters. The molecular formula is C25H30FN3O3. The number of piperidine rings is 1. The van der Waals surface area contributed by atoms with E-state index in [-0.39, 0.29) is 12.5 Å². The summed E-state index contributed by atoms with van der Waals surface area (Å²) in [6.45, 7) is 7.76. The molecule has 4 rings (SSSR count). The predicted molar refractivity (Wildman–Crippen MR) is 122 cm³/mol. The predicted octanol–water partition coefficient (Wildman–Crippen LogP) is 4.58. The van der Waals surface area contributed by atoms with E-state index in [1.807, 2.05) is 50.4 Å². The highest BCUT2D eigenvalue weighted by Gasteiger charge is 2.37. The van der Waals surface area contributed by atoms with Crippen LogP contribution in [0, 0.1) is 13.8 Å². The van der Waals surface area contributed by atoms with Gasteiger partial charge in [-0.1, -0.05) is 6.07 Å². The first-order valence-corrected chi connectivity index (χ1v) is 11.1. The van der Waals surface area contributed by atoms with Crippen LogP contribution in [0.1, 0.15) is 47.1 Å². The van der Waals surface area contributed by atoms with Crippen LogP contribution in [0.5, 0.6) is 5.75 Å². The Morgan fingerprint density at radius 1 is 1.25 bits per heavy atom. The molecule has 0 saturated carbocycles. The molecule has 0 bridgehead atoms. The number of benzene rings is 1. The molecule has 2 aromatic heterocycles. The number of halogens is 1. The Balaban J connectivity index is 1.38. The third-order valence-corrected chi connectivity index (χ3v) is 6.03. The van der Waals surface area contributed by atoms with Crippen LogP contribution < -0.4 is 10.1 Å². The van der Waals surface area contributed by atoms with Crippen molar-refractivity contribution in [2.75, 3.05) is 26.2 Å². The van der Waals surface area contributed by atoms with Crippen LogP contribution in [0.2, 0.25) is 0 Å². The summed E-state index contributed by atoms with van der Waals surface area (Å²) in [5.41, 5.74) is 1.84. The standard InChI is InChI=1S/C25H30FN3O3/c1-4-31-20-7-8-22-21(13-20)23(18(3)32-22)24(30)29-11-9-25(26,10-12-29)16-27-15-19-6-5-17(2)14-28-19/h5-8,13-14,27H,4,9-12,15-16H2,1-3H3. The van der Waals surface area contributed by atoms with Gasteiger partial charge < -0.3 is 19.4 Å².